The SMILES string of the molecule is Nc1cccc2c1Oc1ccccc1/C2=C/CC1CC=CN1Cc1ccccc1. The third-order valence-corrected chi connectivity index (χ3v) is 5.70. The monoisotopic (exact) mass is 380 g/mol. The van der Waals surface area contributed by atoms with Crippen LogP contribution in [0.3, 0.4) is 0 Å². The summed E-state index contributed by atoms with van der Waals surface area (Å²) in [6, 6.07) is 25.3. The average Bonchev–Trinajstić information content (AvgIpc) is 3.19. The lowest BCUT2D eigenvalue weighted by atomic mass is 9.91. The van der Waals surface area contributed by atoms with Crippen molar-refractivity contribution < 1.29 is 4.74 Å². The fourth-order valence-electron chi connectivity index (χ4n) is 4.21. The van der Waals surface area contributed by atoms with Gasteiger partial charge in [-0.2, -0.15) is 0 Å². The van der Waals surface area contributed by atoms with Gasteiger partial charge in [0.1, 0.15) is 5.75 Å². The molecule has 2 aliphatic rings. The van der Waals surface area contributed by atoms with Crippen molar-refractivity contribution in [2.45, 2.75) is 25.4 Å². The zero-order chi connectivity index (χ0) is 19.6. The average molecular weight is 380 g/mol. The van der Waals surface area contributed by atoms with Gasteiger partial charge >= 0.3 is 0 Å². The van der Waals surface area contributed by atoms with E-state index in [1.165, 1.54) is 11.1 Å². The Morgan fingerprint density at radius 1 is 0.931 bits per heavy atom. The van der Waals surface area contributed by atoms with Crippen LogP contribution in [0.4, 0.5) is 5.69 Å². The highest BCUT2D eigenvalue weighted by Crippen LogP contribution is 2.46. The number of para-hydroxylation sites is 2. The Morgan fingerprint density at radius 3 is 2.62 bits per heavy atom. The number of nitrogens with two attached hydrogens (primary N) is 1. The molecule has 0 amide bonds. The van der Waals surface area contributed by atoms with Gasteiger partial charge in [0.25, 0.3) is 0 Å². The van der Waals surface area contributed by atoms with Crippen LogP contribution in [0.25, 0.3) is 5.57 Å². The molecular weight excluding hydrogens is 356 g/mol. The van der Waals surface area contributed by atoms with Crippen molar-refractivity contribution in [1.82, 2.24) is 4.90 Å². The van der Waals surface area contributed by atoms with Gasteiger partial charge in [-0.1, -0.05) is 72.8 Å². The molecule has 2 N–H and O–H groups in total. The van der Waals surface area contributed by atoms with E-state index in [-0.39, 0.29) is 0 Å². The van der Waals surface area contributed by atoms with E-state index in [2.05, 4.69) is 71.8 Å². The standard InChI is InChI=1S/C26H24N2O/c27-24-13-6-12-23-21(22-11-4-5-14-25(22)29-26(23)24)16-15-20-10-7-17-28(20)18-19-8-2-1-3-9-19/h1-9,11-14,16-17,20H,10,15,18,27H2/b21-16-. The van der Waals surface area contributed by atoms with Gasteiger partial charge in [0.05, 0.1) is 5.69 Å². The maximum Gasteiger partial charge on any atom is 0.158 e. The van der Waals surface area contributed by atoms with E-state index < -0.39 is 0 Å². The van der Waals surface area contributed by atoms with Gasteiger partial charge in [-0.25, -0.2) is 0 Å². The van der Waals surface area contributed by atoms with E-state index >= 15 is 0 Å². The lowest BCUT2D eigenvalue weighted by molar-refractivity contribution is 0.293. The lowest BCUT2D eigenvalue weighted by Crippen LogP contribution is -2.25. The number of nitrogens with zero attached hydrogens (tertiary/aromatic N) is 1. The van der Waals surface area contributed by atoms with Gasteiger partial charge in [0.15, 0.2) is 5.75 Å². The number of nitrogen functional groups attached to an aromatic ring is 1. The minimum Gasteiger partial charge on any atom is -0.454 e. The summed E-state index contributed by atoms with van der Waals surface area (Å²) in [5.41, 5.74) is 11.6. The van der Waals surface area contributed by atoms with Gasteiger partial charge in [-0.3, -0.25) is 0 Å². The smallest absolute Gasteiger partial charge is 0.158 e. The number of rotatable bonds is 4. The van der Waals surface area contributed by atoms with Crippen LogP contribution < -0.4 is 10.5 Å². The Hall–Kier alpha value is -3.46. The van der Waals surface area contributed by atoms with Crippen LogP contribution in [0, 0.1) is 0 Å². The summed E-state index contributed by atoms with van der Waals surface area (Å²) in [6.45, 7) is 0.939. The van der Waals surface area contributed by atoms with Crippen molar-refractivity contribution in [2.24, 2.45) is 0 Å². The molecule has 0 spiro atoms. The van der Waals surface area contributed by atoms with Crippen molar-refractivity contribution >= 4 is 11.3 Å². The first-order valence-corrected chi connectivity index (χ1v) is 10.1. The molecule has 0 aromatic heterocycles. The summed E-state index contributed by atoms with van der Waals surface area (Å²) in [5, 5.41) is 0. The van der Waals surface area contributed by atoms with E-state index in [1.54, 1.807) is 0 Å². The second-order valence-electron chi connectivity index (χ2n) is 7.61. The van der Waals surface area contributed by atoms with Crippen LogP contribution >= 0.6 is 0 Å². The van der Waals surface area contributed by atoms with Crippen molar-refractivity contribution in [2.75, 3.05) is 5.73 Å². The Labute approximate surface area is 171 Å². The molecule has 3 aromatic rings. The summed E-state index contributed by atoms with van der Waals surface area (Å²) in [4.78, 5) is 2.44. The van der Waals surface area contributed by atoms with E-state index in [0.29, 0.717) is 11.7 Å². The van der Waals surface area contributed by atoms with E-state index in [1.807, 2.05) is 24.3 Å². The maximum atomic E-state index is 6.22. The molecule has 0 saturated carbocycles. The van der Waals surface area contributed by atoms with Crippen LogP contribution in [0.1, 0.15) is 29.5 Å². The van der Waals surface area contributed by atoms with Gasteiger partial charge in [0.2, 0.25) is 0 Å². The van der Waals surface area contributed by atoms with Crippen LogP contribution in [0.5, 0.6) is 11.5 Å². The van der Waals surface area contributed by atoms with Gasteiger partial charge in [-0.05, 0) is 42.3 Å². The zero-order valence-corrected chi connectivity index (χ0v) is 16.3. The number of hydrogen-bond acceptors (Lipinski definition) is 3. The predicted octanol–water partition coefficient (Wildman–Crippen LogP) is 5.98. The summed E-state index contributed by atoms with van der Waals surface area (Å²) < 4.78 is 6.12. The summed E-state index contributed by atoms with van der Waals surface area (Å²) in [5.74, 6) is 1.64. The Bertz CT molecular complexity index is 1080. The maximum absolute atomic E-state index is 6.22. The molecule has 0 saturated heterocycles. The van der Waals surface area contributed by atoms with Crippen molar-refractivity contribution in [1.29, 1.82) is 0 Å². The third kappa shape index (κ3) is 3.40. The molecule has 3 nitrogen and oxygen atoms in total. The summed E-state index contributed by atoms with van der Waals surface area (Å²) in [6.07, 6.45) is 8.90. The Morgan fingerprint density at radius 2 is 1.72 bits per heavy atom. The normalized spacial score (nSPS) is 18.4. The van der Waals surface area contributed by atoms with Crippen LogP contribution in [-0.4, -0.2) is 10.9 Å². The minimum atomic E-state index is 0.460. The Kier molecular flexibility index (Phi) is 4.57. The molecule has 2 aliphatic heterocycles. The minimum absolute atomic E-state index is 0.460. The molecule has 0 radical (unpaired) electrons. The largest absolute Gasteiger partial charge is 0.454 e. The van der Waals surface area contributed by atoms with Gasteiger partial charge in [0, 0.05) is 23.7 Å². The first-order chi connectivity index (χ1) is 14.3. The molecule has 2 heterocycles. The molecule has 3 aromatic carbocycles. The number of hydrogen-bond donors (Lipinski definition) is 1. The molecular formula is C26H24N2O. The quantitative estimate of drug-likeness (QED) is 0.442. The fourth-order valence-corrected chi connectivity index (χ4v) is 4.21. The summed E-state index contributed by atoms with van der Waals surface area (Å²) >= 11 is 0. The van der Waals surface area contributed by atoms with Crippen molar-refractivity contribution in [3.8, 4) is 11.5 Å². The highest BCUT2D eigenvalue weighted by molar-refractivity contribution is 5.90. The third-order valence-electron chi connectivity index (χ3n) is 5.70. The van der Waals surface area contributed by atoms with Crippen LogP contribution in [0.15, 0.2) is 91.1 Å². The van der Waals surface area contributed by atoms with Crippen LogP contribution in [-0.2, 0) is 6.54 Å². The number of fused-ring (bicyclic) bond motifs is 2. The summed E-state index contributed by atoms with van der Waals surface area (Å²) in [7, 11) is 0. The molecule has 29 heavy (non-hydrogen) atoms. The molecule has 0 fully saturated rings. The molecule has 0 bridgehead atoms. The highest BCUT2D eigenvalue weighted by atomic mass is 16.5. The first-order valence-electron chi connectivity index (χ1n) is 10.1. The topological polar surface area (TPSA) is 38.5 Å². The molecule has 5 rings (SSSR count). The second-order valence-corrected chi connectivity index (χ2v) is 7.61. The van der Waals surface area contributed by atoms with Crippen molar-refractivity contribution in [3.05, 3.63) is 108 Å². The van der Waals surface area contributed by atoms with Crippen LogP contribution in [0.2, 0.25) is 0 Å². The lowest BCUT2D eigenvalue weighted by Gasteiger charge is -2.27. The zero-order valence-electron chi connectivity index (χ0n) is 16.3. The predicted molar refractivity (Wildman–Crippen MR) is 119 cm³/mol. The molecule has 3 heteroatoms. The van der Waals surface area contributed by atoms with E-state index in [0.717, 1.165) is 42.0 Å². The molecule has 0 aliphatic carbocycles. The highest BCUT2D eigenvalue weighted by Gasteiger charge is 2.24. The number of ether oxygens (including phenoxy) is 1. The van der Waals surface area contributed by atoms with Gasteiger partial charge in [-0.15, -0.1) is 0 Å². The molecule has 1 unspecified atom stereocenters. The van der Waals surface area contributed by atoms with Gasteiger partial charge < -0.3 is 15.4 Å². The Balaban J connectivity index is 1.44. The second kappa shape index (κ2) is 7.51. The molecule has 144 valence electrons. The van der Waals surface area contributed by atoms with E-state index in [4.69, 9.17) is 10.5 Å². The fraction of sp³-hybridized carbons (Fsp3) is 0.154. The number of anilines is 1. The van der Waals surface area contributed by atoms with Crippen molar-refractivity contribution in [3.63, 3.8) is 0 Å². The first kappa shape index (κ1) is 17.6. The molecule has 1 atom stereocenters. The number of benzene rings is 3. The van der Waals surface area contributed by atoms with E-state index in [9.17, 15) is 0 Å².